The van der Waals surface area contributed by atoms with Crippen molar-refractivity contribution in [1.29, 1.82) is 0 Å². The fourth-order valence-electron chi connectivity index (χ4n) is 2.62. The minimum atomic E-state index is -0.195. The third-order valence-corrected chi connectivity index (χ3v) is 4.62. The molecule has 1 aromatic heterocycles. The molecule has 4 heteroatoms. The van der Waals surface area contributed by atoms with E-state index >= 15 is 0 Å². The lowest BCUT2D eigenvalue weighted by Crippen LogP contribution is -2.16. The van der Waals surface area contributed by atoms with Crippen molar-refractivity contribution < 1.29 is 9.53 Å². The van der Waals surface area contributed by atoms with E-state index in [0.29, 0.717) is 11.6 Å². The lowest BCUT2D eigenvalue weighted by atomic mass is 10.1. The third kappa shape index (κ3) is 6.25. The number of unbranched alkanes of at least 4 members (excludes halogenated alkanes) is 4. The molecule has 2 rings (SSSR count). The van der Waals surface area contributed by atoms with Crippen molar-refractivity contribution in [3.05, 3.63) is 42.2 Å². The summed E-state index contributed by atoms with van der Waals surface area (Å²) in [7, 11) is 0. The SMILES string of the molecule is CCCCCCCc1cnc(-c2ccc(OC(=O)C(C)CC)cc2)nc1. The van der Waals surface area contributed by atoms with E-state index in [2.05, 4.69) is 16.9 Å². The first-order chi connectivity index (χ1) is 12.6. The summed E-state index contributed by atoms with van der Waals surface area (Å²) < 4.78 is 5.37. The summed E-state index contributed by atoms with van der Waals surface area (Å²) in [5.41, 5.74) is 2.10. The first kappa shape index (κ1) is 20.1. The molecule has 1 unspecified atom stereocenters. The molecule has 0 aliphatic rings. The fourth-order valence-corrected chi connectivity index (χ4v) is 2.62. The Morgan fingerprint density at radius 2 is 1.65 bits per heavy atom. The van der Waals surface area contributed by atoms with E-state index in [4.69, 9.17) is 4.74 Å². The summed E-state index contributed by atoms with van der Waals surface area (Å²) in [6.07, 6.45) is 12.0. The molecule has 0 saturated carbocycles. The molecule has 0 radical (unpaired) electrons. The van der Waals surface area contributed by atoms with Crippen molar-refractivity contribution in [3.63, 3.8) is 0 Å². The van der Waals surface area contributed by atoms with Crippen LogP contribution in [0.4, 0.5) is 0 Å². The first-order valence-corrected chi connectivity index (χ1v) is 9.77. The molecular weight excluding hydrogens is 324 g/mol. The van der Waals surface area contributed by atoms with Crippen LogP contribution in [0.5, 0.6) is 5.75 Å². The van der Waals surface area contributed by atoms with Crippen LogP contribution in [0.2, 0.25) is 0 Å². The van der Waals surface area contributed by atoms with E-state index < -0.39 is 0 Å². The van der Waals surface area contributed by atoms with Gasteiger partial charge in [-0.1, -0.05) is 46.5 Å². The van der Waals surface area contributed by atoms with Gasteiger partial charge in [0, 0.05) is 18.0 Å². The molecule has 4 nitrogen and oxygen atoms in total. The van der Waals surface area contributed by atoms with Crippen LogP contribution >= 0.6 is 0 Å². The Labute approximate surface area is 157 Å². The van der Waals surface area contributed by atoms with Crippen LogP contribution in [0.1, 0.15) is 64.9 Å². The second-order valence-corrected chi connectivity index (χ2v) is 6.83. The van der Waals surface area contributed by atoms with Crippen LogP contribution < -0.4 is 4.74 Å². The second kappa shape index (κ2) is 10.7. The van der Waals surface area contributed by atoms with Gasteiger partial charge in [0.2, 0.25) is 0 Å². The smallest absolute Gasteiger partial charge is 0.314 e. The van der Waals surface area contributed by atoms with E-state index in [1.54, 1.807) is 12.1 Å². The maximum absolute atomic E-state index is 11.8. The summed E-state index contributed by atoms with van der Waals surface area (Å²) in [4.78, 5) is 20.8. The molecule has 2 aromatic rings. The van der Waals surface area contributed by atoms with Gasteiger partial charge in [0.15, 0.2) is 5.82 Å². The Balaban J connectivity index is 1.89. The van der Waals surface area contributed by atoms with Gasteiger partial charge >= 0.3 is 5.97 Å². The van der Waals surface area contributed by atoms with Gasteiger partial charge in [0.1, 0.15) is 5.75 Å². The topological polar surface area (TPSA) is 52.1 Å². The molecule has 0 aliphatic heterocycles. The Bertz CT molecular complexity index is 666. The summed E-state index contributed by atoms with van der Waals surface area (Å²) in [5, 5.41) is 0. The summed E-state index contributed by atoms with van der Waals surface area (Å²) in [5.74, 6) is 0.967. The van der Waals surface area contributed by atoms with E-state index in [1.807, 2.05) is 38.4 Å². The van der Waals surface area contributed by atoms with Gasteiger partial charge in [-0.15, -0.1) is 0 Å². The minimum Gasteiger partial charge on any atom is -0.426 e. The normalized spacial score (nSPS) is 12.0. The number of carbonyl (C=O) groups excluding carboxylic acids is 1. The zero-order chi connectivity index (χ0) is 18.8. The van der Waals surface area contributed by atoms with E-state index in [0.717, 1.165) is 18.4 Å². The number of hydrogen-bond acceptors (Lipinski definition) is 4. The van der Waals surface area contributed by atoms with Crippen molar-refractivity contribution in [2.75, 3.05) is 0 Å². The quantitative estimate of drug-likeness (QED) is 0.316. The number of carbonyl (C=O) groups is 1. The monoisotopic (exact) mass is 354 g/mol. The highest BCUT2D eigenvalue weighted by atomic mass is 16.5. The van der Waals surface area contributed by atoms with Gasteiger partial charge < -0.3 is 4.74 Å². The molecule has 1 aromatic carbocycles. The minimum absolute atomic E-state index is 0.0903. The Hall–Kier alpha value is -2.23. The molecule has 1 atom stereocenters. The molecule has 1 heterocycles. The van der Waals surface area contributed by atoms with Gasteiger partial charge in [-0.25, -0.2) is 9.97 Å². The van der Waals surface area contributed by atoms with Gasteiger partial charge in [0.05, 0.1) is 5.92 Å². The Kier molecular flexibility index (Phi) is 8.26. The second-order valence-electron chi connectivity index (χ2n) is 6.83. The number of ether oxygens (including phenoxy) is 1. The Morgan fingerprint density at radius 3 is 2.27 bits per heavy atom. The van der Waals surface area contributed by atoms with E-state index in [9.17, 15) is 4.79 Å². The average molecular weight is 354 g/mol. The average Bonchev–Trinajstić information content (AvgIpc) is 2.68. The van der Waals surface area contributed by atoms with Crippen LogP contribution in [0, 0.1) is 5.92 Å². The predicted molar refractivity (Wildman–Crippen MR) is 105 cm³/mol. The number of aryl methyl sites for hydroxylation is 1. The van der Waals surface area contributed by atoms with Crippen molar-refractivity contribution in [3.8, 4) is 17.1 Å². The van der Waals surface area contributed by atoms with Crippen LogP contribution in [-0.2, 0) is 11.2 Å². The number of esters is 1. The highest BCUT2D eigenvalue weighted by molar-refractivity contribution is 5.74. The van der Waals surface area contributed by atoms with Crippen LogP contribution in [-0.4, -0.2) is 15.9 Å². The Morgan fingerprint density at radius 1 is 1.00 bits per heavy atom. The third-order valence-electron chi connectivity index (χ3n) is 4.62. The highest BCUT2D eigenvalue weighted by Crippen LogP contribution is 2.20. The van der Waals surface area contributed by atoms with Crippen LogP contribution in [0.25, 0.3) is 11.4 Å². The largest absolute Gasteiger partial charge is 0.426 e. The standard InChI is InChI=1S/C22H30N2O2/c1-4-6-7-8-9-10-18-15-23-21(24-16-18)19-11-13-20(14-12-19)26-22(25)17(3)5-2/h11-17H,4-10H2,1-3H3. The highest BCUT2D eigenvalue weighted by Gasteiger charge is 2.13. The molecule has 0 spiro atoms. The predicted octanol–water partition coefficient (Wildman–Crippen LogP) is 5.61. The van der Waals surface area contributed by atoms with Crippen LogP contribution in [0.15, 0.2) is 36.7 Å². The summed E-state index contributed by atoms with van der Waals surface area (Å²) in [6, 6.07) is 7.36. The number of rotatable bonds is 10. The lowest BCUT2D eigenvalue weighted by Gasteiger charge is -2.09. The molecule has 0 aliphatic carbocycles. The van der Waals surface area contributed by atoms with Crippen molar-refractivity contribution in [2.45, 2.75) is 65.7 Å². The zero-order valence-corrected chi connectivity index (χ0v) is 16.2. The van der Waals surface area contributed by atoms with Crippen molar-refractivity contribution in [1.82, 2.24) is 9.97 Å². The van der Waals surface area contributed by atoms with Gasteiger partial charge in [-0.05, 0) is 49.1 Å². The summed E-state index contributed by atoms with van der Waals surface area (Å²) >= 11 is 0. The molecule has 0 saturated heterocycles. The van der Waals surface area contributed by atoms with Crippen molar-refractivity contribution >= 4 is 5.97 Å². The maximum atomic E-state index is 11.8. The number of hydrogen-bond donors (Lipinski definition) is 0. The molecular formula is C22H30N2O2. The molecule has 0 amide bonds. The number of aromatic nitrogens is 2. The fraction of sp³-hybridized carbons (Fsp3) is 0.500. The van der Waals surface area contributed by atoms with E-state index in [-0.39, 0.29) is 11.9 Å². The number of nitrogens with zero attached hydrogens (tertiary/aromatic N) is 2. The van der Waals surface area contributed by atoms with Crippen LogP contribution in [0.3, 0.4) is 0 Å². The lowest BCUT2D eigenvalue weighted by molar-refractivity contribution is -0.138. The van der Waals surface area contributed by atoms with Crippen molar-refractivity contribution in [2.24, 2.45) is 5.92 Å². The molecule has 0 N–H and O–H groups in total. The van der Waals surface area contributed by atoms with Gasteiger partial charge in [-0.2, -0.15) is 0 Å². The summed E-state index contributed by atoms with van der Waals surface area (Å²) in [6.45, 7) is 6.08. The molecule has 0 bridgehead atoms. The maximum Gasteiger partial charge on any atom is 0.314 e. The van der Waals surface area contributed by atoms with Gasteiger partial charge in [-0.3, -0.25) is 4.79 Å². The molecule has 140 valence electrons. The molecule has 0 fully saturated rings. The molecule has 26 heavy (non-hydrogen) atoms. The number of benzene rings is 1. The van der Waals surface area contributed by atoms with Gasteiger partial charge in [0.25, 0.3) is 0 Å². The zero-order valence-electron chi connectivity index (χ0n) is 16.2. The first-order valence-electron chi connectivity index (χ1n) is 9.77. The van der Waals surface area contributed by atoms with E-state index in [1.165, 1.54) is 37.7 Å².